The number of para-hydroxylation sites is 5. The van der Waals surface area contributed by atoms with Gasteiger partial charge in [-0.3, -0.25) is 0 Å². The van der Waals surface area contributed by atoms with Crippen molar-refractivity contribution in [2.45, 2.75) is 0 Å². The number of aromatic nitrogens is 2. The predicted octanol–water partition coefficient (Wildman–Crippen LogP) is 12.6. The molecular formula is C46H27N3. The summed E-state index contributed by atoms with van der Waals surface area (Å²) in [5.41, 5.74) is 11.0. The first-order valence-electron chi connectivity index (χ1n) is 17.0. The van der Waals surface area contributed by atoms with Gasteiger partial charge in [0.05, 0.1) is 38.8 Å². The Balaban J connectivity index is 1.32. The van der Waals surface area contributed by atoms with Crippen LogP contribution in [0.3, 0.4) is 0 Å². The number of anilines is 3. The Hall–Kier alpha value is -6.58. The first-order valence-corrected chi connectivity index (χ1v) is 17.0. The van der Waals surface area contributed by atoms with E-state index >= 15 is 0 Å². The van der Waals surface area contributed by atoms with Crippen LogP contribution in [0.25, 0.3) is 87.0 Å². The molecule has 8 aromatic carbocycles. The molecule has 3 nitrogen and oxygen atoms in total. The van der Waals surface area contributed by atoms with Gasteiger partial charge < -0.3 is 13.7 Å². The highest BCUT2D eigenvalue weighted by atomic mass is 15.2. The van der Waals surface area contributed by atoms with Crippen LogP contribution in [0.1, 0.15) is 0 Å². The van der Waals surface area contributed by atoms with Gasteiger partial charge in [0.1, 0.15) is 0 Å². The lowest BCUT2D eigenvalue weighted by Crippen LogP contribution is -2.10. The maximum absolute atomic E-state index is 2.57. The fraction of sp³-hybridized carbons (Fsp3) is 0. The van der Waals surface area contributed by atoms with Crippen molar-refractivity contribution < 1.29 is 0 Å². The molecule has 0 aliphatic rings. The van der Waals surface area contributed by atoms with Gasteiger partial charge in [0.25, 0.3) is 0 Å². The molecule has 0 unspecified atom stereocenters. The van der Waals surface area contributed by atoms with Crippen molar-refractivity contribution in [2.75, 3.05) is 4.90 Å². The largest absolute Gasteiger partial charge is 0.308 e. The summed E-state index contributed by atoms with van der Waals surface area (Å²) in [6, 6.07) is 60.2. The summed E-state index contributed by atoms with van der Waals surface area (Å²) in [5.74, 6) is 0. The topological polar surface area (TPSA) is 12.1 Å². The molecule has 4 aromatic heterocycles. The lowest BCUT2D eigenvalue weighted by Gasteiger charge is -2.26. The van der Waals surface area contributed by atoms with E-state index in [9.17, 15) is 0 Å². The molecule has 12 rings (SSSR count). The molecule has 226 valence electrons. The van der Waals surface area contributed by atoms with Crippen LogP contribution in [-0.4, -0.2) is 8.80 Å². The van der Waals surface area contributed by atoms with Gasteiger partial charge in [-0.15, -0.1) is 0 Å². The summed E-state index contributed by atoms with van der Waals surface area (Å²) < 4.78 is 5.07. The molecule has 0 N–H and O–H groups in total. The molecule has 0 saturated carbocycles. The van der Waals surface area contributed by atoms with Crippen LogP contribution < -0.4 is 4.90 Å². The summed E-state index contributed by atoms with van der Waals surface area (Å²) in [7, 11) is 0. The number of hydrogen-bond acceptors (Lipinski definition) is 1. The Labute approximate surface area is 280 Å². The van der Waals surface area contributed by atoms with Gasteiger partial charge in [-0.2, -0.15) is 0 Å². The molecule has 0 spiro atoms. The Morgan fingerprint density at radius 3 is 1.67 bits per heavy atom. The zero-order valence-electron chi connectivity index (χ0n) is 26.4. The van der Waals surface area contributed by atoms with E-state index < -0.39 is 0 Å². The number of hydrogen-bond donors (Lipinski definition) is 0. The quantitative estimate of drug-likeness (QED) is 0.191. The third kappa shape index (κ3) is 3.13. The maximum atomic E-state index is 2.57. The molecule has 4 heterocycles. The highest BCUT2D eigenvalue weighted by molar-refractivity contribution is 6.34. The van der Waals surface area contributed by atoms with Crippen LogP contribution in [0, 0.1) is 0 Å². The normalized spacial score (nSPS) is 12.5. The zero-order valence-corrected chi connectivity index (χ0v) is 26.4. The molecule has 0 aliphatic carbocycles. The van der Waals surface area contributed by atoms with Crippen molar-refractivity contribution in [3.05, 3.63) is 164 Å². The van der Waals surface area contributed by atoms with Gasteiger partial charge in [-0.1, -0.05) is 109 Å². The van der Waals surface area contributed by atoms with Gasteiger partial charge >= 0.3 is 0 Å². The number of fused-ring (bicyclic) bond motifs is 14. The molecule has 0 aliphatic heterocycles. The van der Waals surface area contributed by atoms with E-state index in [0.29, 0.717) is 0 Å². The Bertz CT molecular complexity index is 3220. The average Bonchev–Trinajstić information content (AvgIpc) is 3.88. The predicted molar refractivity (Wildman–Crippen MR) is 208 cm³/mol. The van der Waals surface area contributed by atoms with E-state index in [-0.39, 0.29) is 0 Å². The van der Waals surface area contributed by atoms with Gasteiger partial charge in [0, 0.05) is 54.5 Å². The smallest absolute Gasteiger partial charge is 0.0783 e. The fourth-order valence-electron chi connectivity index (χ4n) is 8.99. The van der Waals surface area contributed by atoms with Crippen molar-refractivity contribution in [3.63, 3.8) is 0 Å². The molecule has 12 aromatic rings. The van der Waals surface area contributed by atoms with Gasteiger partial charge in [0.2, 0.25) is 0 Å². The molecule has 0 radical (unpaired) electrons. The monoisotopic (exact) mass is 621 g/mol. The van der Waals surface area contributed by atoms with Gasteiger partial charge in [-0.25, -0.2) is 0 Å². The van der Waals surface area contributed by atoms with Crippen LogP contribution in [-0.2, 0) is 0 Å². The van der Waals surface area contributed by atoms with Gasteiger partial charge in [0.15, 0.2) is 0 Å². The van der Waals surface area contributed by atoms with E-state index in [1.54, 1.807) is 0 Å². The summed E-state index contributed by atoms with van der Waals surface area (Å²) in [6.45, 7) is 0. The number of rotatable bonds is 3. The molecule has 49 heavy (non-hydrogen) atoms. The second-order valence-electron chi connectivity index (χ2n) is 13.3. The lowest BCUT2D eigenvalue weighted by atomic mass is 9.99. The molecule has 0 amide bonds. The molecule has 0 atom stereocenters. The molecule has 3 heteroatoms. The van der Waals surface area contributed by atoms with Crippen molar-refractivity contribution in [1.82, 2.24) is 8.80 Å². The van der Waals surface area contributed by atoms with E-state index in [1.165, 1.54) is 87.0 Å². The van der Waals surface area contributed by atoms with E-state index in [4.69, 9.17) is 0 Å². The average molecular weight is 622 g/mol. The highest BCUT2D eigenvalue weighted by Gasteiger charge is 2.26. The van der Waals surface area contributed by atoms with Crippen LogP contribution in [0.5, 0.6) is 0 Å². The van der Waals surface area contributed by atoms with E-state index in [0.717, 1.165) is 17.1 Å². The van der Waals surface area contributed by atoms with E-state index in [1.807, 2.05) is 0 Å². The highest BCUT2D eigenvalue weighted by Crippen LogP contribution is 2.49. The molecule has 0 saturated heterocycles. The first kappa shape index (κ1) is 25.5. The maximum Gasteiger partial charge on any atom is 0.0783 e. The molecule has 0 fully saturated rings. The minimum atomic E-state index is 1.13. The van der Waals surface area contributed by atoms with Crippen LogP contribution in [0.4, 0.5) is 17.1 Å². The van der Waals surface area contributed by atoms with Crippen molar-refractivity contribution in [3.8, 4) is 0 Å². The van der Waals surface area contributed by atoms with Crippen LogP contribution in [0.15, 0.2) is 164 Å². The standard InChI is InChI=1S/C46H27N3/c1-3-14-29(15-4-1)47(30-16-5-2-6-17-30)40-24-12-22-35-43-31-18-8-7-13-28(31)25-38-37-27-41-36(26-42(37)49(45(35)40)46(38)43)34-21-11-20-33-32-19-9-10-23-39(32)48(41)44(33)34/h1-27H. The van der Waals surface area contributed by atoms with Crippen LogP contribution >= 0.6 is 0 Å². The van der Waals surface area contributed by atoms with E-state index in [2.05, 4.69) is 177 Å². The third-order valence-corrected chi connectivity index (χ3v) is 10.9. The Morgan fingerprint density at radius 2 is 0.898 bits per heavy atom. The number of benzene rings is 8. The Morgan fingerprint density at radius 1 is 0.327 bits per heavy atom. The summed E-state index contributed by atoms with van der Waals surface area (Å²) in [5, 5.41) is 12.9. The second-order valence-corrected chi connectivity index (χ2v) is 13.3. The number of nitrogens with zero attached hydrogens (tertiary/aromatic N) is 3. The summed E-state index contributed by atoms with van der Waals surface area (Å²) in [6.07, 6.45) is 0. The summed E-state index contributed by atoms with van der Waals surface area (Å²) in [4.78, 5) is 2.41. The SMILES string of the molecule is c1ccc(N(c2ccccc2)c2cccc3c4c5ccccc5cc5c6cc7c(cc6n(c23)c54)c2cccc3c4ccccc4n7c32)cc1. The van der Waals surface area contributed by atoms with Crippen molar-refractivity contribution in [1.29, 1.82) is 0 Å². The molecule has 0 bridgehead atoms. The minimum absolute atomic E-state index is 1.13. The van der Waals surface area contributed by atoms with Crippen molar-refractivity contribution in [2.24, 2.45) is 0 Å². The second kappa shape index (κ2) is 9.06. The first-order chi connectivity index (χ1) is 24.3. The fourth-order valence-corrected chi connectivity index (χ4v) is 8.99. The lowest BCUT2D eigenvalue weighted by molar-refractivity contribution is 1.27. The van der Waals surface area contributed by atoms with Crippen LogP contribution in [0.2, 0.25) is 0 Å². The zero-order chi connectivity index (χ0) is 31.8. The van der Waals surface area contributed by atoms with Gasteiger partial charge in [-0.05, 0) is 65.4 Å². The minimum Gasteiger partial charge on any atom is -0.308 e. The Kier molecular flexibility index (Phi) is 4.72. The summed E-state index contributed by atoms with van der Waals surface area (Å²) >= 11 is 0. The van der Waals surface area contributed by atoms with Crippen molar-refractivity contribution >= 4 is 104 Å². The third-order valence-electron chi connectivity index (χ3n) is 10.9. The molecular weight excluding hydrogens is 595 g/mol.